The van der Waals surface area contributed by atoms with Gasteiger partial charge in [0.1, 0.15) is 17.3 Å². The van der Waals surface area contributed by atoms with Gasteiger partial charge >= 0.3 is 6.03 Å². The van der Waals surface area contributed by atoms with Crippen molar-refractivity contribution in [1.82, 2.24) is 4.98 Å². The molecule has 2 rings (SSSR count). The van der Waals surface area contributed by atoms with Gasteiger partial charge in [-0.15, -0.1) is 0 Å². The number of aromatic nitrogens is 1. The molecule has 0 atom stereocenters. The Kier molecular flexibility index (Phi) is 3.51. The molecule has 6 heteroatoms. The lowest BCUT2D eigenvalue weighted by molar-refractivity contribution is 0.262. The molecule has 2 aromatic rings. The van der Waals surface area contributed by atoms with Crippen LogP contribution in [0.1, 0.15) is 5.56 Å². The molecular formula is C13H13N3O3. The van der Waals surface area contributed by atoms with Gasteiger partial charge in [-0.25, -0.2) is 9.78 Å². The average molecular weight is 259 g/mol. The third kappa shape index (κ3) is 3.60. The Labute approximate surface area is 109 Å². The highest BCUT2D eigenvalue weighted by Gasteiger charge is 2.05. The summed E-state index contributed by atoms with van der Waals surface area (Å²) in [4.78, 5) is 15.7. The zero-order valence-electron chi connectivity index (χ0n) is 10.2. The number of rotatable bonds is 2. The number of aryl methyl sites for hydroxylation is 1. The van der Waals surface area contributed by atoms with E-state index in [1.165, 1.54) is 18.2 Å². The first kappa shape index (κ1) is 12.7. The van der Waals surface area contributed by atoms with E-state index in [0.717, 1.165) is 5.56 Å². The van der Waals surface area contributed by atoms with E-state index in [0.29, 0.717) is 5.82 Å². The van der Waals surface area contributed by atoms with E-state index in [1.807, 2.05) is 13.0 Å². The van der Waals surface area contributed by atoms with E-state index in [4.69, 9.17) is 0 Å². The normalized spacial score (nSPS) is 9.95. The molecule has 0 bridgehead atoms. The van der Waals surface area contributed by atoms with E-state index in [1.54, 1.807) is 12.3 Å². The van der Waals surface area contributed by atoms with Crippen molar-refractivity contribution in [3.63, 3.8) is 0 Å². The predicted molar refractivity (Wildman–Crippen MR) is 71.4 cm³/mol. The van der Waals surface area contributed by atoms with Crippen LogP contribution in [0.5, 0.6) is 11.5 Å². The standard InChI is InChI=1S/C13H13N3O3/c1-8-2-3-12(14-7-8)16-13(19)15-9-4-10(17)6-11(18)5-9/h2-7,17-18H,1H3,(H2,14,15,16,19). The summed E-state index contributed by atoms with van der Waals surface area (Å²) in [5.41, 5.74) is 1.27. The SMILES string of the molecule is Cc1ccc(NC(=O)Nc2cc(O)cc(O)c2)nc1. The third-order valence-corrected chi connectivity index (χ3v) is 2.31. The predicted octanol–water partition coefficient (Wildman–Crippen LogP) is 2.45. The minimum atomic E-state index is -0.513. The second kappa shape index (κ2) is 5.26. The Morgan fingerprint density at radius 2 is 1.79 bits per heavy atom. The first-order chi connectivity index (χ1) is 9.02. The number of urea groups is 1. The number of nitrogens with zero attached hydrogens (tertiary/aromatic N) is 1. The van der Waals surface area contributed by atoms with Crippen molar-refractivity contribution in [1.29, 1.82) is 0 Å². The van der Waals surface area contributed by atoms with Gasteiger partial charge in [0.25, 0.3) is 0 Å². The van der Waals surface area contributed by atoms with Gasteiger partial charge < -0.3 is 15.5 Å². The third-order valence-electron chi connectivity index (χ3n) is 2.31. The summed E-state index contributed by atoms with van der Waals surface area (Å²) in [6, 6.07) is 6.80. The molecule has 1 aromatic heterocycles. The molecule has 19 heavy (non-hydrogen) atoms. The molecule has 0 aliphatic heterocycles. The summed E-state index contributed by atoms with van der Waals surface area (Å²) in [6.07, 6.45) is 1.63. The Bertz CT molecular complexity index is 576. The lowest BCUT2D eigenvalue weighted by Gasteiger charge is -2.08. The van der Waals surface area contributed by atoms with E-state index in [-0.39, 0.29) is 17.2 Å². The van der Waals surface area contributed by atoms with E-state index in [9.17, 15) is 15.0 Å². The molecule has 0 saturated heterocycles. The fourth-order valence-corrected chi connectivity index (χ4v) is 1.49. The minimum Gasteiger partial charge on any atom is -0.508 e. The topological polar surface area (TPSA) is 94.5 Å². The fraction of sp³-hybridized carbons (Fsp3) is 0.0769. The maximum Gasteiger partial charge on any atom is 0.324 e. The molecule has 98 valence electrons. The van der Waals surface area contributed by atoms with Crippen LogP contribution in [0.15, 0.2) is 36.5 Å². The Morgan fingerprint density at radius 1 is 1.11 bits per heavy atom. The highest BCUT2D eigenvalue weighted by molar-refractivity contribution is 5.99. The Morgan fingerprint density at radius 3 is 2.37 bits per heavy atom. The van der Waals surface area contributed by atoms with Crippen molar-refractivity contribution in [2.75, 3.05) is 10.6 Å². The summed E-state index contributed by atoms with van der Waals surface area (Å²) in [5, 5.41) is 23.6. The minimum absolute atomic E-state index is 0.135. The summed E-state index contributed by atoms with van der Waals surface area (Å²) >= 11 is 0. The van der Waals surface area contributed by atoms with E-state index < -0.39 is 6.03 Å². The molecule has 0 unspecified atom stereocenters. The van der Waals surface area contributed by atoms with Gasteiger partial charge in [-0.3, -0.25) is 5.32 Å². The number of carbonyl (C=O) groups is 1. The quantitative estimate of drug-likeness (QED) is 0.666. The molecule has 0 aliphatic carbocycles. The first-order valence-corrected chi connectivity index (χ1v) is 5.56. The molecule has 1 heterocycles. The van der Waals surface area contributed by atoms with Crippen molar-refractivity contribution >= 4 is 17.5 Å². The molecule has 6 nitrogen and oxygen atoms in total. The van der Waals surface area contributed by atoms with E-state index >= 15 is 0 Å². The maximum absolute atomic E-state index is 11.7. The smallest absolute Gasteiger partial charge is 0.324 e. The average Bonchev–Trinajstić information content (AvgIpc) is 2.30. The maximum atomic E-state index is 11.7. The van der Waals surface area contributed by atoms with Gasteiger partial charge in [0.15, 0.2) is 0 Å². The lowest BCUT2D eigenvalue weighted by Crippen LogP contribution is -2.19. The molecule has 2 amide bonds. The zero-order chi connectivity index (χ0) is 13.8. The van der Waals surface area contributed by atoms with Crippen LogP contribution in [0.25, 0.3) is 0 Å². The van der Waals surface area contributed by atoms with Crippen molar-refractivity contribution in [2.24, 2.45) is 0 Å². The molecule has 0 aliphatic rings. The van der Waals surface area contributed by atoms with Gasteiger partial charge in [-0.2, -0.15) is 0 Å². The molecule has 4 N–H and O–H groups in total. The molecule has 0 spiro atoms. The van der Waals surface area contributed by atoms with Gasteiger partial charge in [0.2, 0.25) is 0 Å². The van der Waals surface area contributed by atoms with Crippen molar-refractivity contribution in [3.05, 3.63) is 42.1 Å². The first-order valence-electron chi connectivity index (χ1n) is 5.56. The number of phenolic OH excluding ortho intramolecular Hbond substituents is 2. The molecule has 0 fully saturated rings. The number of hydrogen-bond acceptors (Lipinski definition) is 4. The van der Waals surface area contributed by atoms with Gasteiger partial charge in [-0.05, 0) is 18.6 Å². The lowest BCUT2D eigenvalue weighted by atomic mass is 10.3. The van der Waals surface area contributed by atoms with Gasteiger partial charge in [0, 0.05) is 30.1 Å². The van der Waals surface area contributed by atoms with Crippen LogP contribution < -0.4 is 10.6 Å². The number of nitrogens with one attached hydrogen (secondary N) is 2. The number of phenols is 2. The van der Waals surface area contributed by atoms with Gasteiger partial charge in [-0.1, -0.05) is 6.07 Å². The molecular weight excluding hydrogens is 246 g/mol. The largest absolute Gasteiger partial charge is 0.508 e. The molecule has 0 saturated carbocycles. The van der Waals surface area contributed by atoms with Crippen LogP contribution in [-0.4, -0.2) is 21.2 Å². The van der Waals surface area contributed by atoms with Crippen LogP contribution >= 0.6 is 0 Å². The van der Waals surface area contributed by atoms with Gasteiger partial charge in [0.05, 0.1) is 0 Å². The number of amides is 2. The molecule has 1 aromatic carbocycles. The highest BCUT2D eigenvalue weighted by Crippen LogP contribution is 2.23. The summed E-state index contributed by atoms with van der Waals surface area (Å²) in [7, 11) is 0. The number of benzene rings is 1. The second-order valence-electron chi connectivity index (χ2n) is 4.04. The summed E-state index contributed by atoms with van der Waals surface area (Å²) in [5.74, 6) is 0.139. The van der Waals surface area contributed by atoms with Crippen molar-refractivity contribution in [2.45, 2.75) is 6.92 Å². The van der Waals surface area contributed by atoms with E-state index in [2.05, 4.69) is 15.6 Å². The van der Waals surface area contributed by atoms with Crippen molar-refractivity contribution in [3.8, 4) is 11.5 Å². The summed E-state index contributed by atoms with van der Waals surface area (Å²) in [6.45, 7) is 1.90. The Balaban J connectivity index is 2.03. The zero-order valence-corrected chi connectivity index (χ0v) is 10.2. The fourth-order valence-electron chi connectivity index (χ4n) is 1.49. The highest BCUT2D eigenvalue weighted by atomic mass is 16.3. The number of anilines is 2. The van der Waals surface area contributed by atoms with Crippen LogP contribution in [0, 0.1) is 6.92 Å². The number of pyridine rings is 1. The number of hydrogen-bond donors (Lipinski definition) is 4. The monoisotopic (exact) mass is 259 g/mol. The van der Waals surface area contributed by atoms with Crippen LogP contribution in [0.3, 0.4) is 0 Å². The number of aromatic hydroxyl groups is 2. The van der Waals surface area contributed by atoms with Crippen LogP contribution in [0.4, 0.5) is 16.3 Å². The number of carbonyl (C=O) groups excluding carboxylic acids is 1. The van der Waals surface area contributed by atoms with Crippen LogP contribution in [0.2, 0.25) is 0 Å². The summed E-state index contributed by atoms with van der Waals surface area (Å²) < 4.78 is 0. The van der Waals surface area contributed by atoms with Crippen molar-refractivity contribution < 1.29 is 15.0 Å². The Hall–Kier alpha value is -2.76. The molecule has 0 radical (unpaired) electrons. The second-order valence-corrected chi connectivity index (χ2v) is 4.04. The van der Waals surface area contributed by atoms with Crippen LogP contribution in [-0.2, 0) is 0 Å².